The standard InChI is InChI=1S/C22H32FN3O.HI/c1-24-21(25-14-11-18-5-3-2-4-6-18)26-17-22(12-15-27-16-13-22)19-7-9-20(23)10-8-19;/h5,7-10H,2-4,6,11-17H2,1H3,(H2,24,25,26);1H. The summed E-state index contributed by atoms with van der Waals surface area (Å²) < 4.78 is 18.9. The minimum Gasteiger partial charge on any atom is -0.381 e. The molecular formula is C22H33FIN3O. The van der Waals surface area contributed by atoms with Crippen molar-refractivity contribution in [2.24, 2.45) is 4.99 Å². The molecule has 1 fully saturated rings. The minimum atomic E-state index is -0.191. The number of nitrogens with one attached hydrogen (secondary N) is 2. The summed E-state index contributed by atoms with van der Waals surface area (Å²) in [4.78, 5) is 4.38. The number of nitrogens with zero attached hydrogens (tertiary/aromatic N) is 1. The maximum atomic E-state index is 13.4. The monoisotopic (exact) mass is 501 g/mol. The van der Waals surface area contributed by atoms with Crippen LogP contribution in [-0.2, 0) is 10.2 Å². The van der Waals surface area contributed by atoms with Crippen LogP contribution in [0.4, 0.5) is 4.39 Å². The Morgan fingerprint density at radius 2 is 1.89 bits per heavy atom. The van der Waals surface area contributed by atoms with Gasteiger partial charge in [-0.15, -0.1) is 24.0 Å². The van der Waals surface area contributed by atoms with E-state index in [2.05, 4.69) is 21.7 Å². The number of hydrogen-bond donors (Lipinski definition) is 2. The van der Waals surface area contributed by atoms with E-state index in [1.807, 2.05) is 19.2 Å². The summed E-state index contributed by atoms with van der Waals surface area (Å²) in [5.41, 5.74) is 2.69. The maximum absolute atomic E-state index is 13.4. The van der Waals surface area contributed by atoms with E-state index < -0.39 is 0 Å². The van der Waals surface area contributed by atoms with Crippen LogP contribution >= 0.6 is 24.0 Å². The van der Waals surface area contributed by atoms with E-state index in [0.29, 0.717) is 0 Å². The average Bonchev–Trinajstić information content (AvgIpc) is 2.72. The summed E-state index contributed by atoms with van der Waals surface area (Å²) in [5.74, 6) is 0.641. The van der Waals surface area contributed by atoms with Gasteiger partial charge in [0.1, 0.15) is 5.82 Å². The van der Waals surface area contributed by atoms with Gasteiger partial charge in [0.05, 0.1) is 0 Å². The molecule has 3 rings (SSSR count). The molecule has 28 heavy (non-hydrogen) atoms. The third-order valence-corrected chi connectivity index (χ3v) is 5.85. The van der Waals surface area contributed by atoms with E-state index >= 15 is 0 Å². The van der Waals surface area contributed by atoms with Crippen LogP contribution in [0.15, 0.2) is 40.9 Å². The number of benzene rings is 1. The van der Waals surface area contributed by atoms with Crippen LogP contribution in [0.5, 0.6) is 0 Å². The highest BCUT2D eigenvalue weighted by Crippen LogP contribution is 2.34. The van der Waals surface area contributed by atoms with Gasteiger partial charge < -0.3 is 15.4 Å². The van der Waals surface area contributed by atoms with Gasteiger partial charge in [0, 0.05) is 38.8 Å². The molecule has 0 radical (unpaired) electrons. The van der Waals surface area contributed by atoms with Crippen LogP contribution in [0, 0.1) is 5.82 Å². The lowest BCUT2D eigenvalue weighted by atomic mass is 9.74. The molecule has 0 amide bonds. The molecule has 1 aromatic carbocycles. The van der Waals surface area contributed by atoms with Crippen molar-refractivity contribution in [3.05, 3.63) is 47.3 Å². The van der Waals surface area contributed by atoms with Gasteiger partial charge in [-0.05, 0) is 62.6 Å². The fourth-order valence-corrected chi connectivity index (χ4v) is 4.08. The number of ether oxygens (including phenoxy) is 1. The minimum absolute atomic E-state index is 0. The van der Waals surface area contributed by atoms with Crippen molar-refractivity contribution >= 4 is 29.9 Å². The molecule has 6 heteroatoms. The number of aliphatic imine (C=N–C) groups is 1. The molecule has 1 aliphatic heterocycles. The van der Waals surface area contributed by atoms with Gasteiger partial charge in [-0.1, -0.05) is 23.8 Å². The summed E-state index contributed by atoms with van der Waals surface area (Å²) in [6, 6.07) is 6.93. The van der Waals surface area contributed by atoms with E-state index in [1.165, 1.54) is 31.2 Å². The Hall–Kier alpha value is -1.15. The van der Waals surface area contributed by atoms with Crippen molar-refractivity contribution in [3.8, 4) is 0 Å². The van der Waals surface area contributed by atoms with E-state index in [-0.39, 0.29) is 35.2 Å². The van der Waals surface area contributed by atoms with E-state index in [4.69, 9.17) is 4.74 Å². The van der Waals surface area contributed by atoms with Gasteiger partial charge in [-0.25, -0.2) is 4.39 Å². The first-order chi connectivity index (χ1) is 13.2. The fourth-order valence-electron chi connectivity index (χ4n) is 4.08. The van der Waals surface area contributed by atoms with Crippen LogP contribution in [0.2, 0.25) is 0 Å². The quantitative estimate of drug-likeness (QED) is 0.260. The normalized spacial score (nSPS) is 19.4. The Bertz CT molecular complexity index is 654. The molecule has 2 aliphatic rings. The van der Waals surface area contributed by atoms with Gasteiger partial charge in [0.2, 0.25) is 0 Å². The lowest BCUT2D eigenvalue weighted by Gasteiger charge is -2.38. The zero-order chi connectivity index (χ0) is 19.0. The first-order valence-corrected chi connectivity index (χ1v) is 10.2. The molecule has 0 atom stereocenters. The second kappa shape index (κ2) is 11.8. The van der Waals surface area contributed by atoms with E-state index in [1.54, 1.807) is 17.7 Å². The average molecular weight is 501 g/mol. The van der Waals surface area contributed by atoms with Crippen LogP contribution in [0.1, 0.15) is 50.5 Å². The van der Waals surface area contributed by atoms with Crippen molar-refractivity contribution < 1.29 is 9.13 Å². The number of allylic oxidation sites excluding steroid dienone is 1. The second-order valence-electron chi connectivity index (χ2n) is 7.61. The number of rotatable bonds is 6. The molecule has 0 spiro atoms. The zero-order valence-electron chi connectivity index (χ0n) is 16.8. The fraction of sp³-hybridized carbons (Fsp3) is 0.591. The largest absolute Gasteiger partial charge is 0.381 e. The molecule has 1 aromatic rings. The predicted octanol–water partition coefficient (Wildman–Crippen LogP) is 4.55. The molecule has 156 valence electrons. The molecular weight excluding hydrogens is 468 g/mol. The summed E-state index contributed by atoms with van der Waals surface area (Å²) >= 11 is 0. The lowest BCUT2D eigenvalue weighted by molar-refractivity contribution is 0.0513. The topological polar surface area (TPSA) is 45.7 Å². The highest BCUT2D eigenvalue weighted by atomic mass is 127. The van der Waals surface area contributed by atoms with Crippen molar-refractivity contribution in [2.75, 3.05) is 33.4 Å². The Morgan fingerprint density at radius 3 is 2.54 bits per heavy atom. The van der Waals surface area contributed by atoms with E-state index in [9.17, 15) is 4.39 Å². The Morgan fingerprint density at radius 1 is 1.14 bits per heavy atom. The second-order valence-corrected chi connectivity index (χ2v) is 7.61. The molecule has 1 saturated heterocycles. The number of hydrogen-bond acceptors (Lipinski definition) is 2. The molecule has 0 aromatic heterocycles. The van der Waals surface area contributed by atoms with Gasteiger partial charge in [-0.2, -0.15) is 0 Å². The highest BCUT2D eigenvalue weighted by molar-refractivity contribution is 14.0. The molecule has 4 nitrogen and oxygen atoms in total. The number of halogens is 2. The van der Waals surface area contributed by atoms with Crippen molar-refractivity contribution in [1.82, 2.24) is 10.6 Å². The molecule has 2 N–H and O–H groups in total. The first kappa shape index (κ1) is 23.1. The lowest BCUT2D eigenvalue weighted by Crippen LogP contribution is -2.48. The van der Waals surface area contributed by atoms with Crippen molar-refractivity contribution in [1.29, 1.82) is 0 Å². The molecule has 0 bridgehead atoms. The molecule has 0 unspecified atom stereocenters. The SMILES string of the molecule is CN=C(NCCC1=CCCCC1)NCC1(c2ccc(F)cc2)CCOCC1.I. The van der Waals surface area contributed by atoms with Crippen LogP contribution in [0.3, 0.4) is 0 Å². The molecule has 1 aliphatic carbocycles. The first-order valence-electron chi connectivity index (χ1n) is 10.2. The number of guanidine groups is 1. The van der Waals surface area contributed by atoms with Crippen molar-refractivity contribution in [2.45, 2.75) is 50.4 Å². The van der Waals surface area contributed by atoms with Gasteiger partial charge in [0.25, 0.3) is 0 Å². The van der Waals surface area contributed by atoms with Crippen molar-refractivity contribution in [3.63, 3.8) is 0 Å². The Kier molecular flexibility index (Phi) is 9.71. The van der Waals surface area contributed by atoms with Crippen LogP contribution < -0.4 is 10.6 Å². The van der Waals surface area contributed by atoms with Gasteiger partial charge in [0.15, 0.2) is 5.96 Å². The third-order valence-electron chi connectivity index (χ3n) is 5.85. The molecule has 1 heterocycles. The van der Waals surface area contributed by atoms with Crippen LogP contribution in [0.25, 0.3) is 0 Å². The van der Waals surface area contributed by atoms with Gasteiger partial charge in [-0.3, -0.25) is 4.99 Å². The summed E-state index contributed by atoms with van der Waals surface area (Å²) in [7, 11) is 1.81. The van der Waals surface area contributed by atoms with Gasteiger partial charge >= 0.3 is 0 Å². The third kappa shape index (κ3) is 6.44. The Balaban J connectivity index is 0.00000280. The summed E-state index contributed by atoms with van der Waals surface area (Å²) in [5, 5.41) is 6.94. The molecule has 0 saturated carbocycles. The highest BCUT2D eigenvalue weighted by Gasteiger charge is 2.34. The predicted molar refractivity (Wildman–Crippen MR) is 124 cm³/mol. The summed E-state index contributed by atoms with van der Waals surface area (Å²) in [6.07, 6.45) is 10.4. The zero-order valence-corrected chi connectivity index (χ0v) is 19.1. The maximum Gasteiger partial charge on any atom is 0.191 e. The smallest absolute Gasteiger partial charge is 0.191 e. The Labute approximate surface area is 185 Å². The summed E-state index contributed by atoms with van der Waals surface area (Å²) in [6.45, 7) is 3.14. The van der Waals surface area contributed by atoms with E-state index in [0.717, 1.165) is 51.5 Å². The van der Waals surface area contributed by atoms with Crippen LogP contribution in [-0.4, -0.2) is 39.3 Å².